The first kappa shape index (κ1) is 14.0. The molecule has 0 spiro atoms. The van der Waals surface area contributed by atoms with Gasteiger partial charge in [0.25, 0.3) is 0 Å². The fourth-order valence-corrected chi connectivity index (χ4v) is 3.92. The molecule has 0 aromatic rings. The summed E-state index contributed by atoms with van der Waals surface area (Å²) < 4.78 is 11.4. The summed E-state index contributed by atoms with van der Waals surface area (Å²) in [6, 6.07) is 0. The Labute approximate surface area is 119 Å². The fourth-order valence-electron chi connectivity index (χ4n) is 3.92. The third-order valence-electron chi connectivity index (χ3n) is 5.72. The standard InChI is InChI=1S/C16H22O4/c1-10-8-20-16(19-4)7-12-5-6-13(17)11(2)14(12,3)9-15(10,16)18/h5-7,10-11,18H,8-9H2,1-4H3/t10-,11+,14-,15-,16+/m0/s1. The predicted octanol–water partition coefficient (Wildman–Crippen LogP) is 1.84. The van der Waals surface area contributed by atoms with Crippen molar-refractivity contribution >= 4 is 5.78 Å². The van der Waals surface area contributed by atoms with Crippen LogP contribution in [0.2, 0.25) is 0 Å². The van der Waals surface area contributed by atoms with E-state index in [1.54, 1.807) is 13.2 Å². The average Bonchev–Trinajstić information content (AvgIpc) is 2.66. The van der Waals surface area contributed by atoms with E-state index in [0.717, 1.165) is 5.57 Å². The molecule has 0 aromatic heterocycles. The van der Waals surface area contributed by atoms with E-state index in [0.29, 0.717) is 13.0 Å². The summed E-state index contributed by atoms with van der Waals surface area (Å²) in [6.07, 6.45) is 5.80. The molecule has 5 atom stereocenters. The third-order valence-corrected chi connectivity index (χ3v) is 5.72. The van der Waals surface area contributed by atoms with Crippen molar-refractivity contribution in [2.24, 2.45) is 17.3 Å². The lowest BCUT2D eigenvalue weighted by atomic mass is 9.56. The zero-order valence-corrected chi connectivity index (χ0v) is 12.5. The molecule has 110 valence electrons. The molecule has 0 aromatic carbocycles. The minimum absolute atomic E-state index is 0.0368. The van der Waals surface area contributed by atoms with E-state index >= 15 is 0 Å². The van der Waals surface area contributed by atoms with Crippen LogP contribution in [0, 0.1) is 17.3 Å². The number of allylic oxidation sites excluding steroid dienone is 3. The van der Waals surface area contributed by atoms with Gasteiger partial charge in [0, 0.05) is 24.4 Å². The molecule has 4 nitrogen and oxygen atoms in total. The predicted molar refractivity (Wildman–Crippen MR) is 73.9 cm³/mol. The number of carbonyl (C=O) groups is 1. The highest BCUT2D eigenvalue weighted by molar-refractivity contribution is 5.94. The van der Waals surface area contributed by atoms with Gasteiger partial charge < -0.3 is 14.6 Å². The number of methoxy groups -OCH3 is 1. The minimum Gasteiger partial charge on any atom is -0.383 e. The van der Waals surface area contributed by atoms with Crippen LogP contribution >= 0.6 is 0 Å². The van der Waals surface area contributed by atoms with Crippen molar-refractivity contribution in [2.75, 3.05) is 13.7 Å². The van der Waals surface area contributed by atoms with Gasteiger partial charge in [-0.15, -0.1) is 0 Å². The number of ether oxygens (including phenoxy) is 2. The molecule has 0 radical (unpaired) electrons. The second kappa shape index (κ2) is 4.03. The van der Waals surface area contributed by atoms with Gasteiger partial charge in [-0.2, -0.15) is 0 Å². The summed E-state index contributed by atoms with van der Waals surface area (Å²) in [5.41, 5.74) is -0.449. The van der Waals surface area contributed by atoms with Crippen molar-refractivity contribution in [1.82, 2.24) is 0 Å². The number of hydrogen-bond acceptors (Lipinski definition) is 4. The molecule has 0 unspecified atom stereocenters. The van der Waals surface area contributed by atoms with Gasteiger partial charge >= 0.3 is 0 Å². The van der Waals surface area contributed by atoms with Crippen molar-refractivity contribution < 1.29 is 19.4 Å². The van der Waals surface area contributed by atoms with Crippen molar-refractivity contribution in [3.63, 3.8) is 0 Å². The average molecular weight is 278 g/mol. The molecule has 20 heavy (non-hydrogen) atoms. The maximum Gasteiger partial charge on any atom is 0.218 e. The Balaban J connectivity index is 2.19. The van der Waals surface area contributed by atoms with Gasteiger partial charge in [-0.25, -0.2) is 0 Å². The number of aliphatic hydroxyl groups is 1. The first-order valence-electron chi connectivity index (χ1n) is 7.16. The van der Waals surface area contributed by atoms with Gasteiger partial charge in [0.05, 0.1) is 6.61 Å². The van der Waals surface area contributed by atoms with Crippen LogP contribution in [-0.4, -0.2) is 36.0 Å². The van der Waals surface area contributed by atoms with Gasteiger partial charge in [-0.3, -0.25) is 4.79 Å². The van der Waals surface area contributed by atoms with Crippen LogP contribution in [0.25, 0.3) is 0 Å². The van der Waals surface area contributed by atoms with Crippen LogP contribution in [0.5, 0.6) is 0 Å². The van der Waals surface area contributed by atoms with Crippen LogP contribution in [0.15, 0.2) is 23.8 Å². The highest BCUT2D eigenvalue weighted by Crippen LogP contribution is 2.58. The molecule has 1 saturated heterocycles. The maximum absolute atomic E-state index is 12.0. The summed E-state index contributed by atoms with van der Waals surface area (Å²) in [4.78, 5) is 12.0. The molecule has 3 aliphatic rings. The Morgan fingerprint density at radius 1 is 1.40 bits per heavy atom. The quantitative estimate of drug-likeness (QED) is 0.795. The monoisotopic (exact) mass is 278 g/mol. The van der Waals surface area contributed by atoms with E-state index in [9.17, 15) is 9.90 Å². The molecule has 1 heterocycles. The van der Waals surface area contributed by atoms with Crippen LogP contribution in [-0.2, 0) is 14.3 Å². The number of carbonyl (C=O) groups excluding carboxylic acids is 1. The van der Waals surface area contributed by atoms with Crippen LogP contribution in [0.4, 0.5) is 0 Å². The third kappa shape index (κ3) is 1.45. The second-order valence-corrected chi connectivity index (χ2v) is 6.66. The molecule has 0 bridgehead atoms. The van der Waals surface area contributed by atoms with Crippen molar-refractivity contribution in [3.8, 4) is 0 Å². The van der Waals surface area contributed by atoms with Crippen molar-refractivity contribution in [3.05, 3.63) is 23.8 Å². The van der Waals surface area contributed by atoms with E-state index in [1.807, 2.05) is 32.9 Å². The first-order valence-corrected chi connectivity index (χ1v) is 7.16. The largest absolute Gasteiger partial charge is 0.383 e. The molecule has 0 amide bonds. The topological polar surface area (TPSA) is 55.8 Å². The van der Waals surface area contributed by atoms with Gasteiger partial charge in [0.15, 0.2) is 5.78 Å². The van der Waals surface area contributed by atoms with Gasteiger partial charge in [-0.1, -0.05) is 26.8 Å². The molecule has 2 aliphatic carbocycles. The Kier molecular flexibility index (Phi) is 2.82. The summed E-state index contributed by atoms with van der Waals surface area (Å²) in [6.45, 7) is 6.40. The molecule has 0 saturated carbocycles. The number of rotatable bonds is 1. The van der Waals surface area contributed by atoms with E-state index in [4.69, 9.17) is 9.47 Å². The Bertz CT molecular complexity index is 523. The first-order chi connectivity index (χ1) is 9.29. The Morgan fingerprint density at radius 3 is 2.75 bits per heavy atom. The molecule has 1 fully saturated rings. The van der Waals surface area contributed by atoms with Crippen LogP contribution in [0.3, 0.4) is 0 Å². The summed E-state index contributed by atoms with van der Waals surface area (Å²) in [5.74, 6) is -1.16. The number of fused-ring (bicyclic) bond motifs is 2. The van der Waals surface area contributed by atoms with Gasteiger partial charge in [-0.05, 0) is 24.1 Å². The molecule has 1 N–H and O–H groups in total. The molecular formula is C16H22O4. The van der Waals surface area contributed by atoms with E-state index in [1.165, 1.54) is 0 Å². The lowest BCUT2D eigenvalue weighted by Crippen LogP contribution is -2.61. The maximum atomic E-state index is 12.0. The zero-order chi connectivity index (χ0) is 14.8. The van der Waals surface area contributed by atoms with Crippen molar-refractivity contribution in [2.45, 2.75) is 38.6 Å². The number of ketones is 1. The zero-order valence-electron chi connectivity index (χ0n) is 12.5. The molecule has 1 aliphatic heterocycles. The van der Waals surface area contributed by atoms with Crippen LogP contribution < -0.4 is 0 Å². The summed E-state index contributed by atoms with van der Waals surface area (Å²) in [5, 5.41) is 11.2. The summed E-state index contributed by atoms with van der Waals surface area (Å²) in [7, 11) is 1.56. The van der Waals surface area contributed by atoms with Crippen molar-refractivity contribution in [1.29, 1.82) is 0 Å². The Hall–Kier alpha value is -0.970. The molecular weight excluding hydrogens is 256 g/mol. The smallest absolute Gasteiger partial charge is 0.218 e. The lowest BCUT2D eigenvalue weighted by Gasteiger charge is -2.52. The fraction of sp³-hybridized carbons (Fsp3) is 0.688. The lowest BCUT2D eigenvalue weighted by molar-refractivity contribution is -0.256. The normalized spacial score (nSPS) is 50.6. The summed E-state index contributed by atoms with van der Waals surface area (Å²) >= 11 is 0. The highest BCUT2D eigenvalue weighted by atomic mass is 16.7. The number of hydrogen-bond donors (Lipinski definition) is 1. The van der Waals surface area contributed by atoms with E-state index in [-0.39, 0.29) is 23.0 Å². The van der Waals surface area contributed by atoms with Crippen LogP contribution in [0.1, 0.15) is 27.2 Å². The van der Waals surface area contributed by atoms with E-state index < -0.39 is 11.4 Å². The molecule has 4 heteroatoms. The van der Waals surface area contributed by atoms with Gasteiger partial charge in [0.2, 0.25) is 5.79 Å². The SMILES string of the molecule is CO[C@@]12C=C3C=CC(=O)[C@@H](C)[C@]3(C)C[C@]1(O)[C@@H](C)CO2. The van der Waals surface area contributed by atoms with E-state index in [2.05, 4.69) is 0 Å². The minimum atomic E-state index is -1.10. The Morgan fingerprint density at radius 2 is 2.10 bits per heavy atom. The second-order valence-electron chi connectivity index (χ2n) is 6.66. The molecule has 3 rings (SSSR count). The highest BCUT2D eigenvalue weighted by Gasteiger charge is 2.65. The van der Waals surface area contributed by atoms with Gasteiger partial charge in [0.1, 0.15) is 5.60 Å².